The first-order valence-corrected chi connectivity index (χ1v) is 12.7. The van der Waals surface area contributed by atoms with Crippen molar-refractivity contribution in [2.24, 2.45) is 0 Å². The van der Waals surface area contributed by atoms with Crippen molar-refractivity contribution in [3.8, 4) is 11.5 Å². The van der Waals surface area contributed by atoms with Gasteiger partial charge in [0, 0.05) is 29.6 Å². The number of pyridine rings is 1. The lowest BCUT2D eigenvalue weighted by Gasteiger charge is -2.28. The maximum absolute atomic E-state index is 13.8. The van der Waals surface area contributed by atoms with Crippen LogP contribution in [0, 0.1) is 0 Å². The fourth-order valence-corrected chi connectivity index (χ4v) is 6.21. The van der Waals surface area contributed by atoms with Crippen molar-refractivity contribution < 1.29 is 27.4 Å². The Bertz CT molecular complexity index is 1410. The molecule has 2 aromatic carbocycles. The van der Waals surface area contributed by atoms with Gasteiger partial charge in [0.2, 0.25) is 10.0 Å². The van der Waals surface area contributed by atoms with E-state index in [9.17, 15) is 18.0 Å². The number of methoxy groups -OCH3 is 3. The maximum atomic E-state index is 13.8. The van der Waals surface area contributed by atoms with Gasteiger partial charge in [0.15, 0.2) is 11.5 Å². The molecule has 0 unspecified atom stereocenters. The maximum Gasteiger partial charge on any atom is 0.337 e. The number of carbonyl (C=O) groups is 1. The lowest BCUT2D eigenvalue weighted by Crippen LogP contribution is -2.39. The van der Waals surface area contributed by atoms with E-state index in [-0.39, 0.29) is 28.6 Å². The first-order chi connectivity index (χ1) is 16.8. The van der Waals surface area contributed by atoms with E-state index in [1.165, 1.54) is 49.9 Å². The van der Waals surface area contributed by atoms with Crippen LogP contribution >= 0.6 is 0 Å². The summed E-state index contributed by atoms with van der Waals surface area (Å²) in [6, 6.07) is 10.6. The molecule has 3 aromatic rings. The van der Waals surface area contributed by atoms with Gasteiger partial charge in [-0.15, -0.1) is 0 Å². The van der Waals surface area contributed by atoms with Gasteiger partial charge >= 0.3 is 5.97 Å². The third-order valence-electron chi connectivity index (χ3n) is 6.35. The van der Waals surface area contributed by atoms with Crippen molar-refractivity contribution in [1.29, 1.82) is 0 Å². The number of benzene rings is 2. The third-order valence-corrected chi connectivity index (χ3v) is 8.24. The molecule has 1 heterocycles. The molecule has 1 aliphatic carbocycles. The number of H-pyrrole nitrogens is 1. The SMILES string of the molecule is COC(=O)c1cccc(S(=O)(=O)N(Cc2cc3cc(OC)c(OC)cc3[nH]c2=O)C2CCCC2)c1. The van der Waals surface area contributed by atoms with E-state index in [1.54, 1.807) is 18.2 Å². The molecular weight excluding hydrogens is 472 g/mol. The summed E-state index contributed by atoms with van der Waals surface area (Å²) in [6.07, 6.45) is 3.22. The highest BCUT2D eigenvalue weighted by atomic mass is 32.2. The summed E-state index contributed by atoms with van der Waals surface area (Å²) in [7, 11) is 0.259. The minimum Gasteiger partial charge on any atom is -0.493 e. The standard InChI is InChI=1S/C25H28N2O7S/c1-32-22-13-17-11-18(24(28)26-21(17)14-23(22)33-2)15-27(19-8-4-5-9-19)35(30,31)20-10-6-7-16(12-20)25(29)34-3/h6-7,10-14,19H,4-5,8-9,15H2,1-3H3,(H,26,28). The Balaban J connectivity index is 1.77. The number of carbonyl (C=O) groups excluding carboxylic acids is 1. The first-order valence-electron chi connectivity index (χ1n) is 11.3. The summed E-state index contributed by atoms with van der Waals surface area (Å²) in [5, 5.41) is 0.689. The molecule has 186 valence electrons. The number of fused-ring (bicyclic) bond motifs is 1. The van der Waals surface area contributed by atoms with Gasteiger partial charge in [0.05, 0.1) is 37.3 Å². The molecule has 0 aliphatic heterocycles. The van der Waals surface area contributed by atoms with Gasteiger partial charge in [-0.2, -0.15) is 4.31 Å². The monoisotopic (exact) mass is 500 g/mol. The highest BCUT2D eigenvalue weighted by Crippen LogP contribution is 2.33. The van der Waals surface area contributed by atoms with Crippen LogP contribution in [0.3, 0.4) is 0 Å². The number of nitrogens with one attached hydrogen (secondary N) is 1. The second-order valence-corrected chi connectivity index (χ2v) is 10.3. The highest BCUT2D eigenvalue weighted by Gasteiger charge is 2.34. The quantitative estimate of drug-likeness (QED) is 0.471. The van der Waals surface area contributed by atoms with Crippen molar-refractivity contribution >= 4 is 26.9 Å². The molecule has 1 fully saturated rings. The van der Waals surface area contributed by atoms with Crippen LogP contribution in [-0.4, -0.2) is 51.0 Å². The van der Waals surface area contributed by atoms with Gasteiger partial charge in [0.1, 0.15) is 0 Å². The second-order valence-electron chi connectivity index (χ2n) is 8.43. The van der Waals surface area contributed by atoms with Crippen molar-refractivity contribution in [1.82, 2.24) is 9.29 Å². The molecule has 1 aliphatic rings. The van der Waals surface area contributed by atoms with E-state index in [1.807, 2.05) is 0 Å². The summed E-state index contributed by atoms with van der Waals surface area (Å²) in [5.41, 5.74) is 0.623. The van der Waals surface area contributed by atoms with Crippen LogP contribution < -0.4 is 15.0 Å². The van der Waals surface area contributed by atoms with Gasteiger partial charge in [0.25, 0.3) is 5.56 Å². The number of nitrogens with zero attached hydrogens (tertiary/aromatic N) is 1. The summed E-state index contributed by atoms with van der Waals surface area (Å²) >= 11 is 0. The Morgan fingerprint density at radius 1 is 1.03 bits per heavy atom. The predicted molar refractivity (Wildman–Crippen MR) is 130 cm³/mol. The number of aromatic amines is 1. The molecule has 0 atom stereocenters. The fraction of sp³-hybridized carbons (Fsp3) is 0.360. The average molecular weight is 501 g/mol. The largest absolute Gasteiger partial charge is 0.493 e. The van der Waals surface area contributed by atoms with E-state index in [4.69, 9.17) is 14.2 Å². The minimum absolute atomic E-state index is 0.0177. The normalized spacial score (nSPS) is 14.4. The van der Waals surface area contributed by atoms with Crippen LogP contribution in [0.2, 0.25) is 0 Å². The Morgan fingerprint density at radius 2 is 1.71 bits per heavy atom. The molecule has 1 N–H and O–H groups in total. The smallest absolute Gasteiger partial charge is 0.337 e. The Morgan fingerprint density at radius 3 is 2.37 bits per heavy atom. The van der Waals surface area contributed by atoms with Crippen LogP contribution in [0.1, 0.15) is 41.6 Å². The molecule has 1 saturated carbocycles. The van der Waals surface area contributed by atoms with Crippen molar-refractivity contribution in [2.75, 3.05) is 21.3 Å². The average Bonchev–Trinajstić information content (AvgIpc) is 3.40. The van der Waals surface area contributed by atoms with E-state index in [0.717, 1.165) is 12.8 Å². The number of hydrogen-bond acceptors (Lipinski definition) is 7. The lowest BCUT2D eigenvalue weighted by atomic mass is 10.1. The van der Waals surface area contributed by atoms with Crippen LogP contribution in [0.4, 0.5) is 0 Å². The lowest BCUT2D eigenvalue weighted by molar-refractivity contribution is 0.0600. The summed E-state index contributed by atoms with van der Waals surface area (Å²) in [5.74, 6) is 0.353. The Hall–Kier alpha value is -3.37. The van der Waals surface area contributed by atoms with Crippen molar-refractivity contribution in [2.45, 2.75) is 43.2 Å². The van der Waals surface area contributed by atoms with Crippen LogP contribution in [-0.2, 0) is 21.3 Å². The van der Waals surface area contributed by atoms with Crippen LogP contribution in [0.15, 0.2) is 52.2 Å². The zero-order chi connectivity index (χ0) is 25.2. The van der Waals surface area contributed by atoms with Gasteiger partial charge < -0.3 is 19.2 Å². The van der Waals surface area contributed by atoms with Gasteiger partial charge in [-0.3, -0.25) is 4.79 Å². The van der Waals surface area contributed by atoms with Crippen molar-refractivity contribution in [3.63, 3.8) is 0 Å². The fourth-order valence-electron chi connectivity index (χ4n) is 4.50. The topological polar surface area (TPSA) is 115 Å². The minimum atomic E-state index is -4.01. The van der Waals surface area contributed by atoms with E-state index in [2.05, 4.69) is 4.98 Å². The zero-order valence-corrected chi connectivity index (χ0v) is 20.7. The highest BCUT2D eigenvalue weighted by molar-refractivity contribution is 7.89. The molecule has 0 amide bonds. The van der Waals surface area contributed by atoms with Crippen LogP contribution in [0.5, 0.6) is 11.5 Å². The van der Waals surface area contributed by atoms with E-state index in [0.29, 0.717) is 40.8 Å². The third kappa shape index (κ3) is 4.89. The number of sulfonamides is 1. The Labute approximate surface area is 203 Å². The molecule has 0 radical (unpaired) electrons. The van der Waals surface area contributed by atoms with Crippen molar-refractivity contribution in [3.05, 3.63) is 63.9 Å². The number of aromatic nitrogens is 1. The molecular formula is C25H28N2O7S. The molecule has 4 rings (SSSR count). The van der Waals surface area contributed by atoms with Crippen LogP contribution in [0.25, 0.3) is 10.9 Å². The van der Waals surface area contributed by atoms with Gasteiger partial charge in [-0.25, -0.2) is 13.2 Å². The molecule has 0 saturated heterocycles. The number of esters is 1. The first kappa shape index (κ1) is 24.7. The molecule has 0 spiro atoms. The molecule has 9 nitrogen and oxygen atoms in total. The Kier molecular flexibility index (Phi) is 7.13. The summed E-state index contributed by atoms with van der Waals surface area (Å²) in [4.78, 5) is 27.8. The van der Waals surface area contributed by atoms with Gasteiger partial charge in [-0.05, 0) is 43.2 Å². The predicted octanol–water partition coefficient (Wildman–Crippen LogP) is 3.47. The molecule has 35 heavy (non-hydrogen) atoms. The number of rotatable bonds is 8. The molecule has 1 aromatic heterocycles. The van der Waals surface area contributed by atoms with E-state index < -0.39 is 16.0 Å². The summed E-state index contributed by atoms with van der Waals surface area (Å²) in [6.45, 7) is -0.102. The molecule has 10 heteroatoms. The molecule has 0 bridgehead atoms. The zero-order valence-electron chi connectivity index (χ0n) is 19.9. The summed E-state index contributed by atoms with van der Waals surface area (Å²) < 4.78 is 44.3. The number of ether oxygens (including phenoxy) is 3. The van der Waals surface area contributed by atoms with E-state index >= 15 is 0 Å². The van der Waals surface area contributed by atoms with Gasteiger partial charge in [-0.1, -0.05) is 18.9 Å². The second kappa shape index (κ2) is 10.1. The number of hydrogen-bond donors (Lipinski definition) is 1.